The van der Waals surface area contributed by atoms with Crippen LogP contribution in [0.1, 0.15) is 18.4 Å². The standard InChI is InChI=1S/C16H15ClN4O3/c17-12-5-11-13(3-9(12)6-18)20-8-21(16(11)24)7-10(22)4-14-15(23)1-2-19-14/h3,5,8,14-15,19,23H,1-2,4,7H2/t14-,15+/m1/s1. The predicted molar refractivity (Wildman–Crippen MR) is 87.8 cm³/mol. The zero-order valence-electron chi connectivity index (χ0n) is 12.7. The summed E-state index contributed by atoms with van der Waals surface area (Å²) >= 11 is 5.96. The molecule has 0 spiro atoms. The van der Waals surface area contributed by atoms with Crippen molar-refractivity contribution in [3.05, 3.63) is 39.4 Å². The van der Waals surface area contributed by atoms with Crippen LogP contribution in [0, 0.1) is 11.3 Å². The Balaban J connectivity index is 1.85. The Hall–Kier alpha value is -2.27. The molecule has 0 aliphatic carbocycles. The second-order valence-corrected chi connectivity index (χ2v) is 6.21. The largest absolute Gasteiger partial charge is 0.391 e. The molecular formula is C16H15ClN4O3. The van der Waals surface area contributed by atoms with E-state index in [4.69, 9.17) is 16.9 Å². The number of Topliss-reactive ketones (excluding diaryl/α,β-unsaturated/α-hetero) is 1. The van der Waals surface area contributed by atoms with Gasteiger partial charge in [0, 0.05) is 12.5 Å². The molecule has 1 aliphatic rings. The van der Waals surface area contributed by atoms with Crippen LogP contribution in [-0.4, -0.2) is 39.1 Å². The molecule has 0 radical (unpaired) electrons. The zero-order valence-corrected chi connectivity index (χ0v) is 13.5. The number of rotatable bonds is 4. The van der Waals surface area contributed by atoms with Crippen LogP contribution < -0.4 is 10.9 Å². The van der Waals surface area contributed by atoms with Gasteiger partial charge in [-0.15, -0.1) is 0 Å². The first kappa shape index (κ1) is 16.6. The van der Waals surface area contributed by atoms with Gasteiger partial charge in [-0.25, -0.2) is 4.98 Å². The van der Waals surface area contributed by atoms with E-state index in [9.17, 15) is 14.7 Å². The van der Waals surface area contributed by atoms with Gasteiger partial charge in [0.25, 0.3) is 5.56 Å². The fraction of sp³-hybridized carbons (Fsp3) is 0.375. The quantitative estimate of drug-likeness (QED) is 0.839. The number of aliphatic hydroxyl groups is 1. The number of ketones is 1. The lowest BCUT2D eigenvalue weighted by Gasteiger charge is -2.14. The number of fused-ring (bicyclic) bond motifs is 1. The van der Waals surface area contributed by atoms with Crippen molar-refractivity contribution in [2.45, 2.75) is 31.5 Å². The van der Waals surface area contributed by atoms with E-state index in [-0.39, 0.29) is 46.3 Å². The van der Waals surface area contributed by atoms with E-state index in [0.717, 1.165) is 0 Å². The molecule has 2 heterocycles. The SMILES string of the molecule is N#Cc1cc2ncn(CC(=O)C[C@H]3NCC[C@@H]3O)c(=O)c2cc1Cl. The summed E-state index contributed by atoms with van der Waals surface area (Å²) in [7, 11) is 0. The number of carbonyl (C=O) groups excluding carboxylic acids is 1. The number of carbonyl (C=O) groups is 1. The molecule has 2 N–H and O–H groups in total. The molecule has 1 aliphatic heterocycles. The molecule has 124 valence electrons. The first-order valence-corrected chi connectivity index (χ1v) is 7.89. The van der Waals surface area contributed by atoms with Gasteiger partial charge in [0.2, 0.25) is 0 Å². The maximum absolute atomic E-state index is 12.5. The average molecular weight is 347 g/mol. The summed E-state index contributed by atoms with van der Waals surface area (Å²) in [4.78, 5) is 28.8. The molecule has 1 fully saturated rings. The molecule has 0 bridgehead atoms. The zero-order chi connectivity index (χ0) is 17.3. The smallest absolute Gasteiger partial charge is 0.261 e. The molecule has 3 rings (SSSR count). The van der Waals surface area contributed by atoms with E-state index in [2.05, 4.69) is 10.3 Å². The van der Waals surface area contributed by atoms with Crippen molar-refractivity contribution in [1.29, 1.82) is 5.26 Å². The molecule has 1 saturated heterocycles. The minimum atomic E-state index is -0.538. The van der Waals surface area contributed by atoms with Crippen LogP contribution in [0.25, 0.3) is 10.9 Å². The van der Waals surface area contributed by atoms with Crippen molar-refractivity contribution >= 4 is 28.3 Å². The summed E-state index contributed by atoms with van der Waals surface area (Å²) in [5, 5.41) is 22.2. The summed E-state index contributed by atoms with van der Waals surface area (Å²) < 4.78 is 1.22. The number of hydrogen-bond acceptors (Lipinski definition) is 6. The Morgan fingerprint density at radius 3 is 3.00 bits per heavy atom. The van der Waals surface area contributed by atoms with Crippen LogP contribution >= 0.6 is 11.6 Å². The number of aromatic nitrogens is 2. The van der Waals surface area contributed by atoms with Crippen LogP contribution in [0.15, 0.2) is 23.3 Å². The average Bonchev–Trinajstić information content (AvgIpc) is 2.95. The monoisotopic (exact) mass is 346 g/mol. The summed E-state index contributed by atoms with van der Waals surface area (Å²) in [6.07, 6.45) is 1.52. The van der Waals surface area contributed by atoms with Gasteiger partial charge in [-0.3, -0.25) is 14.2 Å². The third kappa shape index (κ3) is 3.17. The summed E-state index contributed by atoms with van der Waals surface area (Å²) in [5.41, 5.74) is 0.211. The van der Waals surface area contributed by atoms with Gasteiger partial charge in [-0.05, 0) is 25.1 Å². The predicted octanol–water partition coefficient (Wildman–Crippen LogP) is 0.604. The van der Waals surface area contributed by atoms with Gasteiger partial charge in [0.15, 0.2) is 5.78 Å². The maximum Gasteiger partial charge on any atom is 0.261 e. The molecule has 0 amide bonds. The molecule has 0 saturated carbocycles. The third-order valence-corrected chi connectivity index (χ3v) is 4.45. The lowest BCUT2D eigenvalue weighted by molar-refractivity contribution is -0.120. The van der Waals surface area contributed by atoms with E-state index in [1.54, 1.807) is 0 Å². The van der Waals surface area contributed by atoms with Crippen LogP contribution in [-0.2, 0) is 11.3 Å². The van der Waals surface area contributed by atoms with E-state index < -0.39 is 6.10 Å². The van der Waals surface area contributed by atoms with Crippen molar-refractivity contribution in [2.24, 2.45) is 0 Å². The van der Waals surface area contributed by atoms with Crippen molar-refractivity contribution < 1.29 is 9.90 Å². The normalized spacial score (nSPS) is 20.2. The van der Waals surface area contributed by atoms with Gasteiger partial charge >= 0.3 is 0 Å². The molecular weight excluding hydrogens is 332 g/mol. The number of halogens is 1. The molecule has 8 heteroatoms. The Labute approximate surface area is 142 Å². The third-order valence-electron chi connectivity index (χ3n) is 4.14. The number of nitrogens with one attached hydrogen (secondary N) is 1. The van der Waals surface area contributed by atoms with Gasteiger partial charge in [-0.1, -0.05) is 11.6 Å². The highest BCUT2D eigenvalue weighted by molar-refractivity contribution is 6.32. The van der Waals surface area contributed by atoms with E-state index >= 15 is 0 Å². The Morgan fingerprint density at radius 2 is 2.33 bits per heavy atom. The first-order valence-electron chi connectivity index (χ1n) is 7.51. The summed E-state index contributed by atoms with van der Waals surface area (Å²) in [5.74, 6) is -0.170. The summed E-state index contributed by atoms with van der Waals surface area (Å²) in [6, 6.07) is 4.51. The van der Waals surface area contributed by atoms with Crippen LogP contribution in [0.3, 0.4) is 0 Å². The van der Waals surface area contributed by atoms with Crippen molar-refractivity contribution in [1.82, 2.24) is 14.9 Å². The van der Waals surface area contributed by atoms with Crippen LogP contribution in [0.5, 0.6) is 0 Å². The van der Waals surface area contributed by atoms with Crippen molar-refractivity contribution in [2.75, 3.05) is 6.54 Å². The van der Waals surface area contributed by atoms with Crippen molar-refractivity contribution in [3.8, 4) is 6.07 Å². The van der Waals surface area contributed by atoms with Gasteiger partial charge < -0.3 is 10.4 Å². The van der Waals surface area contributed by atoms with Gasteiger partial charge in [-0.2, -0.15) is 5.26 Å². The highest BCUT2D eigenvalue weighted by Crippen LogP contribution is 2.20. The topological polar surface area (TPSA) is 108 Å². The molecule has 1 aromatic heterocycles. The lowest BCUT2D eigenvalue weighted by atomic mass is 10.1. The molecule has 7 nitrogen and oxygen atoms in total. The number of hydrogen-bond donors (Lipinski definition) is 2. The minimum Gasteiger partial charge on any atom is -0.391 e. The molecule has 24 heavy (non-hydrogen) atoms. The van der Waals surface area contributed by atoms with Crippen LogP contribution in [0.4, 0.5) is 0 Å². The van der Waals surface area contributed by atoms with E-state index in [1.165, 1.54) is 23.0 Å². The number of nitrogens with zero attached hydrogens (tertiary/aromatic N) is 3. The molecule has 2 atom stereocenters. The minimum absolute atomic E-state index is 0.121. The lowest BCUT2D eigenvalue weighted by Crippen LogP contribution is -2.34. The highest BCUT2D eigenvalue weighted by atomic mass is 35.5. The van der Waals surface area contributed by atoms with Gasteiger partial charge in [0.1, 0.15) is 6.07 Å². The maximum atomic E-state index is 12.5. The van der Waals surface area contributed by atoms with Crippen LogP contribution in [0.2, 0.25) is 5.02 Å². The fourth-order valence-corrected chi connectivity index (χ4v) is 3.05. The van der Waals surface area contributed by atoms with Crippen molar-refractivity contribution in [3.63, 3.8) is 0 Å². The number of benzene rings is 1. The number of nitriles is 1. The summed E-state index contributed by atoms with van der Waals surface area (Å²) in [6.45, 7) is 0.556. The molecule has 2 aromatic rings. The highest BCUT2D eigenvalue weighted by Gasteiger charge is 2.26. The molecule has 0 unspecified atom stereocenters. The fourth-order valence-electron chi connectivity index (χ4n) is 2.84. The first-order chi connectivity index (χ1) is 11.5. The molecule has 1 aromatic carbocycles. The Kier molecular flexibility index (Phi) is 4.62. The second-order valence-electron chi connectivity index (χ2n) is 5.80. The van der Waals surface area contributed by atoms with E-state index in [0.29, 0.717) is 18.5 Å². The Morgan fingerprint density at radius 1 is 1.54 bits per heavy atom. The van der Waals surface area contributed by atoms with E-state index in [1.807, 2.05) is 6.07 Å². The number of aliphatic hydroxyl groups excluding tert-OH is 1. The Bertz CT molecular complexity index is 903. The van der Waals surface area contributed by atoms with Gasteiger partial charge in [0.05, 0.1) is 40.5 Å². The second kappa shape index (κ2) is 6.69.